The summed E-state index contributed by atoms with van der Waals surface area (Å²) in [5, 5.41) is 23.5. The molecule has 2 bridgehead atoms. The van der Waals surface area contributed by atoms with Crippen molar-refractivity contribution in [3.8, 4) is 11.5 Å². The van der Waals surface area contributed by atoms with Crippen molar-refractivity contribution in [3.05, 3.63) is 34.9 Å². The molecular formula is C28H38N2O4. The minimum atomic E-state index is -0.912. The fourth-order valence-electron chi connectivity index (χ4n) is 7.78. The van der Waals surface area contributed by atoms with Crippen molar-refractivity contribution >= 4 is 5.91 Å². The molecule has 184 valence electrons. The first kappa shape index (κ1) is 22.4. The Hall–Kier alpha value is -2.05. The molecule has 6 rings (SSSR count). The number of benzene rings is 1. The molecule has 5 atom stereocenters. The van der Waals surface area contributed by atoms with Gasteiger partial charge in [-0.15, -0.1) is 0 Å². The number of hydrogen-bond donors (Lipinski definition) is 2. The van der Waals surface area contributed by atoms with E-state index in [1.54, 1.807) is 6.08 Å². The van der Waals surface area contributed by atoms with E-state index < -0.39 is 11.0 Å². The Labute approximate surface area is 202 Å². The molecule has 3 aliphatic carbocycles. The molecule has 2 N–H and O–H groups in total. The number of hydrogen-bond acceptors (Lipinski definition) is 5. The van der Waals surface area contributed by atoms with Crippen LogP contribution in [0.1, 0.15) is 69.1 Å². The maximum Gasteiger partial charge on any atom is 0.246 e. The van der Waals surface area contributed by atoms with E-state index in [0.29, 0.717) is 30.6 Å². The molecule has 1 aromatic rings. The average molecular weight is 467 g/mol. The summed E-state index contributed by atoms with van der Waals surface area (Å²) in [6.07, 6.45) is 9.54. The minimum absolute atomic E-state index is 0.0181. The molecule has 0 unspecified atom stereocenters. The Bertz CT molecular complexity index is 1060. The number of likely N-dealkylation sites (N-methyl/N-ethyl adjacent to an activating group) is 1. The van der Waals surface area contributed by atoms with Crippen LogP contribution in [0.3, 0.4) is 0 Å². The second kappa shape index (κ2) is 7.47. The Kier molecular flexibility index (Phi) is 4.93. The second-order valence-electron chi connectivity index (χ2n) is 11.9. The number of phenols is 1. The molecule has 2 heterocycles. The van der Waals surface area contributed by atoms with Crippen LogP contribution in [0, 0.1) is 12.8 Å². The summed E-state index contributed by atoms with van der Waals surface area (Å²) in [4.78, 5) is 17.5. The van der Waals surface area contributed by atoms with Crippen LogP contribution in [-0.4, -0.2) is 69.3 Å². The lowest BCUT2D eigenvalue weighted by Gasteiger charge is -2.65. The molecule has 2 saturated carbocycles. The fraction of sp³-hybridized carbons (Fsp3) is 0.679. The van der Waals surface area contributed by atoms with Gasteiger partial charge < -0.3 is 19.8 Å². The van der Waals surface area contributed by atoms with Gasteiger partial charge in [0, 0.05) is 24.7 Å². The summed E-state index contributed by atoms with van der Waals surface area (Å²) < 4.78 is 6.62. The monoisotopic (exact) mass is 466 g/mol. The SMILES string of the molecule is Cc1cc(O)c2c3c1C[C@H]1N(C4CC4)CC[C@@]34[C@@H](O2)[C@@H](N(C)C(=O)C=CCC(C)C)CC[C@@]14O. The predicted molar refractivity (Wildman–Crippen MR) is 130 cm³/mol. The fourth-order valence-corrected chi connectivity index (χ4v) is 7.78. The van der Waals surface area contributed by atoms with E-state index in [0.717, 1.165) is 36.9 Å². The van der Waals surface area contributed by atoms with Gasteiger partial charge in [-0.3, -0.25) is 9.69 Å². The standard InChI is InChI=1S/C28H38N2O4/c1-16(2)6-5-7-23(32)29(4)20-10-11-28(33)22-15-19-17(3)14-21(31)25-24(19)27(28,26(20)34-25)12-13-30(22)18-8-9-18/h5,7,14,16,18,20,22,26,31,33H,6,8-13,15H2,1-4H3/t20-,22+,26-,27-,28+/m0/s1. The first-order valence-electron chi connectivity index (χ1n) is 13.1. The van der Waals surface area contributed by atoms with Crippen LogP contribution < -0.4 is 4.74 Å². The summed E-state index contributed by atoms with van der Waals surface area (Å²) >= 11 is 0. The van der Waals surface area contributed by atoms with Crippen LogP contribution in [0.15, 0.2) is 18.2 Å². The molecular weight excluding hydrogens is 428 g/mol. The van der Waals surface area contributed by atoms with E-state index in [2.05, 4.69) is 25.7 Å². The first-order valence-corrected chi connectivity index (χ1v) is 13.1. The number of ether oxygens (including phenoxy) is 1. The van der Waals surface area contributed by atoms with Gasteiger partial charge in [0.25, 0.3) is 0 Å². The number of piperidine rings is 1. The molecule has 3 fully saturated rings. The van der Waals surface area contributed by atoms with E-state index in [1.807, 2.05) is 24.1 Å². The van der Waals surface area contributed by atoms with Crippen molar-refractivity contribution < 1.29 is 19.7 Å². The van der Waals surface area contributed by atoms with Crippen LogP contribution in [0.5, 0.6) is 11.5 Å². The molecule has 2 aliphatic heterocycles. The number of amides is 1. The van der Waals surface area contributed by atoms with Gasteiger partial charge in [0.05, 0.1) is 17.1 Å². The van der Waals surface area contributed by atoms with E-state index in [4.69, 9.17) is 4.74 Å². The van der Waals surface area contributed by atoms with Crippen molar-refractivity contribution in [2.75, 3.05) is 13.6 Å². The first-order chi connectivity index (χ1) is 16.2. The summed E-state index contributed by atoms with van der Waals surface area (Å²) in [6.45, 7) is 7.28. The Morgan fingerprint density at radius 3 is 2.79 bits per heavy atom. The summed E-state index contributed by atoms with van der Waals surface area (Å²) in [5.74, 6) is 1.20. The van der Waals surface area contributed by atoms with E-state index in [1.165, 1.54) is 18.4 Å². The zero-order valence-electron chi connectivity index (χ0n) is 20.9. The molecule has 6 heteroatoms. The number of likely N-dealkylation sites (tertiary alicyclic amines) is 1. The number of aromatic hydroxyl groups is 1. The molecule has 5 aliphatic rings. The summed E-state index contributed by atoms with van der Waals surface area (Å²) in [6, 6.07) is 2.32. The second-order valence-corrected chi connectivity index (χ2v) is 11.9. The molecule has 1 spiro atoms. The Balaban J connectivity index is 1.44. The minimum Gasteiger partial charge on any atom is -0.504 e. The van der Waals surface area contributed by atoms with Crippen LogP contribution in [0.2, 0.25) is 0 Å². The Morgan fingerprint density at radius 2 is 2.09 bits per heavy atom. The highest BCUT2D eigenvalue weighted by Gasteiger charge is 2.74. The van der Waals surface area contributed by atoms with Crippen molar-refractivity contribution in [1.29, 1.82) is 0 Å². The number of aliphatic hydroxyl groups is 1. The number of aryl methyl sites for hydroxylation is 1. The molecule has 1 saturated heterocycles. The highest BCUT2D eigenvalue weighted by atomic mass is 16.5. The molecule has 1 amide bonds. The van der Waals surface area contributed by atoms with E-state index in [9.17, 15) is 15.0 Å². The number of allylic oxidation sites excluding steroid dienone is 1. The summed E-state index contributed by atoms with van der Waals surface area (Å²) in [5.41, 5.74) is 1.85. The van der Waals surface area contributed by atoms with Crippen LogP contribution in [0.25, 0.3) is 0 Å². The maximum absolute atomic E-state index is 13.1. The van der Waals surface area contributed by atoms with Crippen LogP contribution in [0.4, 0.5) is 0 Å². The number of carbonyl (C=O) groups is 1. The van der Waals surface area contributed by atoms with Crippen molar-refractivity contribution in [2.24, 2.45) is 5.92 Å². The van der Waals surface area contributed by atoms with Gasteiger partial charge in [0.1, 0.15) is 6.10 Å². The quantitative estimate of drug-likeness (QED) is 0.651. The van der Waals surface area contributed by atoms with E-state index >= 15 is 0 Å². The molecule has 6 nitrogen and oxygen atoms in total. The molecule has 0 radical (unpaired) electrons. The van der Waals surface area contributed by atoms with Crippen LogP contribution >= 0.6 is 0 Å². The lowest BCUT2D eigenvalue weighted by atomic mass is 9.48. The van der Waals surface area contributed by atoms with Gasteiger partial charge in [-0.1, -0.05) is 19.9 Å². The van der Waals surface area contributed by atoms with Crippen molar-refractivity contribution in [3.63, 3.8) is 0 Å². The average Bonchev–Trinajstić information content (AvgIpc) is 3.55. The lowest BCUT2D eigenvalue weighted by Crippen LogP contribution is -2.78. The number of phenolic OH excluding ortho intramolecular Hbond substituents is 1. The van der Waals surface area contributed by atoms with Gasteiger partial charge in [0.15, 0.2) is 11.5 Å². The maximum atomic E-state index is 13.1. The molecule has 1 aromatic carbocycles. The van der Waals surface area contributed by atoms with Gasteiger partial charge in [-0.25, -0.2) is 0 Å². The highest BCUT2D eigenvalue weighted by Crippen LogP contribution is 2.66. The zero-order valence-corrected chi connectivity index (χ0v) is 20.9. The van der Waals surface area contributed by atoms with Gasteiger partial charge >= 0.3 is 0 Å². The highest BCUT2D eigenvalue weighted by molar-refractivity contribution is 5.87. The van der Waals surface area contributed by atoms with E-state index in [-0.39, 0.29) is 29.8 Å². The van der Waals surface area contributed by atoms with Gasteiger partial charge in [0.2, 0.25) is 5.91 Å². The Morgan fingerprint density at radius 1 is 1.32 bits per heavy atom. The van der Waals surface area contributed by atoms with Crippen molar-refractivity contribution in [2.45, 2.75) is 101 Å². The largest absolute Gasteiger partial charge is 0.504 e. The van der Waals surface area contributed by atoms with Crippen molar-refractivity contribution in [1.82, 2.24) is 9.80 Å². The summed E-state index contributed by atoms with van der Waals surface area (Å²) in [7, 11) is 1.87. The zero-order chi connectivity index (χ0) is 24.0. The third kappa shape index (κ3) is 2.84. The van der Waals surface area contributed by atoms with Gasteiger partial charge in [-0.2, -0.15) is 0 Å². The number of carbonyl (C=O) groups excluding carboxylic acids is 1. The van der Waals surface area contributed by atoms with Gasteiger partial charge in [-0.05, 0) is 87.6 Å². The third-order valence-corrected chi connectivity index (χ3v) is 9.55. The van der Waals surface area contributed by atoms with Crippen LogP contribution in [-0.2, 0) is 16.6 Å². The normalized spacial score (nSPS) is 36.0. The molecule has 34 heavy (non-hydrogen) atoms. The number of rotatable bonds is 5. The number of nitrogens with zero attached hydrogens (tertiary/aromatic N) is 2. The smallest absolute Gasteiger partial charge is 0.246 e. The topological polar surface area (TPSA) is 73.2 Å². The predicted octanol–water partition coefficient (Wildman–Crippen LogP) is 3.45. The third-order valence-electron chi connectivity index (χ3n) is 9.55. The molecule has 0 aromatic heterocycles. The lowest BCUT2D eigenvalue weighted by molar-refractivity contribution is -0.201.